The van der Waals surface area contributed by atoms with Gasteiger partial charge in [0.2, 0.25) is 0 Å². The quantitative estimate of drug-likeness (QED) is 0.789. The molecule has 0 bridgehead atoms. The van der Waals surface area contributed by atoms with Crippen molar-refractivity contribution in [2.24, 2.45) is 0 Å². The van der Waals surface area contributed by atoms with E-state index in [-0.39, 0.29) is 11.9 Å². The third-order valence-electron chi connectivity index (χ3n) is 2.40. The maximum atomic E-state index is 12.0. The topological polar surface area (TPSA) is 68.0 Å². The lowest BCUT2D eigenvalue weighted by Gasteiger charge is -2.14. The zero-order chi connectivity index (χ0) is 13.5. The molecule has 0 aliphatic carbocycles. The van der Waals surface area contributed by atoms with Gasteiger partial charge in [-0.1, -0.05) is 18.5 Å². The zero-order valence-electron chi connectivity index (χ0n) is 10.6. The fourth-order valence-corrected chi connectivity index (χ4v) is 2.41. The third kappa shape index (κ3) is 4.74. The lowest BCUT2D eigenvalue weighted by Crippen LogP contribution is -2.33. The van der Waals surface area contributed by atoms with Gasteiger partial charge in [0, 0.05) is 12.2 Å². The Morgan fingerprint density at radius 2 is 2.39 bits per heavy atom. The molecule has 4 nitrogen and oxygen atoms in total. The van der Waals surface area contributed by atoms with Crippen LogP contribution >= 0.6 is 23.4 Å². The van der Waals surface area contributed by atoms with Gasteiger partial charge in [0.15, 0.2) is 0 Å². The Kier molecular flexibility index (Phi) is 6.29. The predicted octanol–water partition coefficient (Wildman–Crippen LogP) is 2.58. The van der Waals surface area contributed by atoms with Crippen LogP contribution in [0.25, 0.3) is 0 Å². The van der Waals surface area contributed by atoms with Crippen LogP contribution in [0.4, 0.5) is 5.82 Å². The van der Waals surface area contributed by atoms with Crippen LogP contribution in [0, 0.1) is 0 Å². The Bertz CT molecular complexity index is 414. The fraction of sp³-hybridized carbons (Fsp3) is 0.500. The number of thioether (sulfide) groups is 1. The first-order chi connectivity index (χ1) is 8.54. The molecule has 1 aromatic heterocycles. The van der Waals surface area contributed by atoms with Gasteiger partial charge in [0.1, 0.15) is 5.82 Å². The minimum absolute atomic E-state index is 0.113. The molecule has 0 aromatic carbocycles. The first-order valence-electron chi connectivity index (χ1n) is 5.84. The molecule has 0 fully saturated rings. The maximum absolute atomic E-state index is 12.0. The normalized spacial score (nSPS) is 12.2. The van der Waals surface area contributed by atoms with Crippen molar-refractivity contribution in [3.05, 3.63) is 22.8 Å². The Morgan fingerprint density at radius 3 is 3.06 bits per heavy atom. The SMILES string of the molecule is CCSCCC(C)NC(=O)c1cc(N)ncc1Cl. The van der Waals surface area contributed by atoms with E-state index in [1.54, 1.807) is 0 Å². The largest absolute Gasteiger partial charge is 0.384 e. The summed E-state index contributed by atoms with van der Waals surface area (Å²) in [4.78, 5) is 15.8. The Hall–Kier alpha value is -0.940. The van der Waals surface area contributed by atoms with Crippen molar-refractivity contribution in [3.63, 3.8) is 0 Å². The monoisotopic (exact) mass is 287 g/mol. The number of nitrogen functional groups attached to an aromatic ring is 1. The number of hydrogen-bond acceptors (Lipinski definition) is 4. The van der Waals surface area contributed by atoms with Crippen LogP contribution in [-0.4, -0.2) is 28.4 Å². The summed E-state index contributed by atoms with van der Waals surface area (Å²) in [7, 11) is 0. The predicted molar refractivity (Wildman–Crippen MR) is 78.2 cm³/mol. The number of amides is 1. The molecule has 18 heavy (non-hydrogen) atoms. The molecule has 0 aliphatic rings. The highest BCUT2D eigenvalue weighted by Gasteiger charge is 2.13. The van der Waals surface area contributed by atoms with Crippen LogP contribution in [-0.2, 0) is 0 Å². The minimum atomic E-state index is -0.205. The van der Waals surface area contributed by atoms with Gasteiger partial charge in [-0.3, -0.25) is 4.79 Å². The second-order valence-electron chi connectivity index (χ2n) is 3.95. The number of nitrogens with one attached hydrogen (secondary N) is 1. The lowest BCUT2D eigenvalue weighted by molar-refractivity contribution is 0.0939. The number of rotatable bonds is 6. The van der Waals surface area contributed by atoms with Crippen molar-refractivity contribution in [2.45, 2.75) is 26.3 Å². The molecule has 1 atom stereocenters. The van der Waals surface area contributed by atoms with E-state index in [2.05, 4.69) is 17.2 Å². The van der Waals surface area contributed by atoms with E-state index in [4.69, 9.17) is 17.3 Å². The van der Waals surface area contributed by atoms with E-state index in [0.29, 0.717) is 16.4 Å². The molecule has 0 aliphatic heterocycles. The van der Waals surface area contributed by atoms with Gasteiger partial charge in [-0.25, -0.2) is 4.98 Å². The van der Waals surface area contributed by atoms with Crippen molar-refractivity contribution >= 4 is 35.1 Å². The Balaban J connectivity index is 2.56. The molecule has 1 heterocycles. The van der Waals surface area contributed by atoms with Gasteiger partial charge < -0.3 is 11.1 Å². The molecular weight excluding hydrogens is 270 g/mol. The maximum Gasteiger partial charge on any atom is 0.253 e. The summed E-state index contributed by atoms with van der Waals surface area (Å²) >= 11 is 7.78. The molecule has 0 saturated heterocycles. The number of hydrogen-bond donors (Lipinski definition) is 2. The summed E-state index contributed by atoms with van der Waals surface area (Å²) in [6, 6.07) is 1.60. The Labute approximate surface area is 117 Å². The van der Waals surface area contributed by atoms with Crippen LogP contribution in [0.3, 0.4) is 0 Å². The summed E-state index contributed by atoms with van der Waals surface area (Å²) in [5.41, 5.74) is 5.92. The molecule has 1 unspecified atom stereocenters. The highest BCUT2D eigenvalue weighted by atomic mass is 35.5. The molecule has 0 radical (unpaired) electrons. The van der Waals surface area contributed by atoms with Crippen molar-refractivity contribution in [1.82, 2.24) is 10.3 Å². The molecule has 3 N–H and O–H groups in total. The van der Waals surface area contributed by atoms with Crippen LogP contribution in [0.1, 0.15) is 30.6 Å². The van der Waals surface area contributed by atoms with Crippen molar-refractivity contribution in [3.8, 4) is 0 Å². The summed E-state index contributed by atoms with van der Waals surface area (Å²) in [5.74, 6) is 2.21. The summed E-state index contributed by atoms with van der Waals surface area (Å²) in [6.45, 7) is 4.10. The molecule has 1 amide bonds. The van der Waals surface area contributed by atoms with Crippen LogP contribution in [0.2, 0.25) is 5.02 Å². The molecule has 1 aromatic rings. The van der Waals surface area contributed by atoms with E-state index >= 15 is 0 Å². The van der Waals surface area contributed by atoms with Gasteiger partial charge in [0.05, 0.1) is 10.6 Å². The number of nitrogens with two attached hydrogens (primary N) is 1. The first kappa shape index (κ1) is 15.1. The highest BCUT2D eigenvalue weighted by Crippen LogP contribution is 2.16. The number of pyridine rings is 1. The van der Waals surface area contributed by atoms with E-state index < -0.39 is 0 Å². The van der Waals surface area contributed by atoms with Gasteiger partial charge in [-0.2, -0.15) is 11.8 Å². The minimum Gasteiger partial charge on any atom is -0.384 e. The molecular formula is C12H18ClN3OS. The summed E-state index contributed by atoms with van der Waals surface area (Å²) in [6.07, 6.45) is 2.33. The lowest BCUT2D eigenvalue weighted by atomic mass is 10.2. The van der Waals surface area contributed by atoms with E-state index in [0.717, 1.165) is 17.9 Å². The number of nitrogens with zero attached hydrogens (tertiary/aromatic N) is 1. The second kappa shape index (κ2) is 7.48. The van der Waals surface area contributed by atoms with Crippen molar-refractivity contribution in [1.29, 1.82) is 0 Å². The van der Waals surface area contributed by atoms with Gasteiger partial charge in [-0.15, -0.1) is 0 Å². The van der Waals surface area contributed by atoms with Gasteiger partial charge in [0.25, 0.3) is 5.91 Å². The molecule has 0 spiro atoms. The number of carbonyl (C=O) groups is 1. The average Bonchev–Trinajstić information content (AvgIpc) is 2.32. The average molecular weight is 288 g/mol. The number of carbonyl (C=O) groups excluding carboxylic acids is 1. The van der Waals surface area contributed by atoms with Crippen LogP contribution < -0.4 is 11.1 Å². The molecule has 0 saturated carbocycles. The second-order valence-corrected chi connectivity index (χ2v) is 5.75. The van der Waals surface area contributed by atoms with Crippen LogP contribution in [0.15, 0.2) is 12.3 Å². The van der Waals surface area contributed by atoms with Crippen molar-refractivity contribution in [2.75, 3.05) is 17.2 Å². The summed E-state index contributed by atoms with van der Waals surface area (Å²) in [5, 5.41) is 3.22. The smallest absolute Gasteiger partial charge is 0.253 e. The summed E-state index contributed by atoms with van der Waals surface area (Å²) < 4.78 is 0. The first-order valence-corrected chi connectivity index (χ1v) is 7.37. The van der Waals surface area contributed by atoms with Crippen molar-refractivity contribution < 1.29 is 4.79 Å². The molecule has 100 valence electrons. The number of halogens is 1. The zero-order valence-corrected chi connectivity index (χ0v) is 12.1. The Morgan fingerprint density at radius 1 is 1.67 bits per heavy atom. The van der Waals surface area contributed by atoms with E-state index in [1.807, 2.05) is 18.7 Å². The number of aromatic nitrogens is 1. The highest BCUT2D eigenvalue weighted by molar-refractivity contribution is 7.99. The molecule has 1 rings (SSSR count). The molecule has 6 heteroatoms. The van der Waals surface area contributed by atoms with E-state index in [1.165, 1.54) is 12.3 Å². The third-order valence-corrected chi connectivity index (χ3v) is 3.63. The van der Waals surface area contributed by atoms with E-state index in [9.17, 15) is 4.79 Å². The van der Waals surface area contributed by atoms with Gasteiger partial charge >= 0.3 is 0 Å². The van der Waals surface area contributed by atoms with Gasteiger partial charge in [-0.05, 0) is 30.9 Å². The van der Waals surface area contributed by atoms with Crippen LogP contribution in [0.5, 0.6) is 0 Å². The number of anilines is 1. The standard InChI is InChI=1S/C12H18ClN3OS/c1-3-18-5-4-8(2)16-12(17)9-6-11(14)15-7-10(9)13/h6-8H,3-5H2,1-2H3,(H2,14,15)(H,16,17). The fourth-order valence-electron chi connectivity index (χ4n) is 1.41.